The Kier molecular flexibility index (Phi) is 6.63. The zero-order chi connectivity index (χ0) is 19.1. The minimum atomic E-state index is 0.574. The topological polar surface area (TPSA) is 37.4 Å². The van der Waals surface area contributed by atoms with Crippen LogP contribution in [-0.2, 0) is 13.1 Å². The van der Waals surface area contributed by atoms with Crippen molar-refractivity contribution >= 4 is 34.6 Å². The first-order valence-corrected chi connectivity index (χ1v) is 9.27. The number of pyridine rings is 1. The van der Waals surface area contributed by atoms with E-state index in [2.05, 4.69) is 27.3 Å². The average Bonchev–Trinajstić information content (AvgIpc) is 2.69. The van der Waals surface area contributed by atoms with Crippen LogP contribution < -0.4 is 10.1 Å². The van der Waals surface area contributed by atoms with Crippen molar-refractivity contribution in [2.45, 2.75) is 13.1 Å². The van der Waals surface area contributed by atoms with Gasteiger partial charge in [0.05, 0.1) is 25.0 Å². The second kappa shape index (κ2) is 9.35. The molecule has 1 heterocycles. The van der Waals surface area contributed by atoms with E-state index in [1.807, 2.05) is 42.5 Å². The lowest BCUT2D eigenvalue weighted by atomic mass is 10.2. The molecule has 0 aliphatic carbocycles. The molecule has 0 bridgehead atoms. The van der Waals surface area contributed by atoms with Gasteiger partial charge in [-0.2, -0.15) is 0 Å². The van der Waals surface area contributed by atoms with Crippen LogP contribution in [0.1, 0.15) is 11.3 Å². The van der Waals surface area contributed by atoms with Crippen molar-refractivity contribution in [1.82, 2.24) is 9.88 Å². The van der Waals surface area contributed by atoms with Crippen LogP contribution in [0.15, 0.2) is 72.9 Å². The smallest absolute Gasteiger partial charge is 0.174 e. The highest BCUT2D eigenvalue weighted by Crippen LogP contribution is 2.28. The highest BCUT2D eigenvalue weighted by atomic mass is 35.5. The van der Waals surface area contributed by atoms with Gasteiger partial charge in [-0.3, -0.25) is 4.98 Å². The normalized spacial score (nSPS) is 10.3. The van der Waals surface area contributed by atoms with Gasteiger partial charge < -0.3 is 15.0 Å². The average molecular weight is 398 g/mol. The first-order chi connectivity index (χ1) is 13.2. The van der Waals surface area contributed by atoms with Crippen LogP contribution >= 0.6 is 23.8 Å². The van der Waals surface area contributed by atoms with Crippen molar-refractivity contribution in [1.29, 1.82) is 0 Å². The standard InChI is InChI=1S/C21H20ClN3OS/c1-26-20-11-10-17(22)13-19(20)24-21(27)25(14-16-7-3-2-4-8-16)15-18-9-5-6-12-23-18/h2-13H,14-15H2,1H3,(H,24,27). The number of anilines is 1. The molecule has 0 unspecified atom stereocenters. The molecular formula is C21H20ClN3OS. The number of nitrogens with zero attached hydrogens (tertiary/aromatic N) is 2. The fourth-order valence-electron chi connectivity index (χ4n) is 2.66. The number of nitrogens with one attached hydrogen (secondary N) is 1. The summed E-state index contributed by atoms with van der Waals surface area (Å²) in [6.45, 7) is 1.25. The summed E-state index contributed by atoms with van der Waals surface area (Å²) in [6, 6.07) is 21.4. The van der Waals surface area contributed by atoms with Crippen LogP contribution in [0.5, 0.6) is 5.75 Å². The van der Waals surface area contributed by atoms with Crippen molar-refractivity contribution < 1.29 is 4.74 Å². The van der Waals surface area contributed by atoms with E-state index >= 15 is 0 Å². The van der Waals surface area contributed by atoms with E-state index in [0.717, 1.165) is 16.9 Å². The van der Waals surface area contributed by atoms with Gasteiger partial charge in [-0.25, -0.2) is 0 Å². The first kappa shape index (κ1) is 19.1. The van der Waals surface area contributed by atoms with E-state index in [4.69, 9.17) is 28.6 Å². The van der Waals surface area contributed by atoms with Gasteiger partial charge in [-0.15, -0.1) is 0 Å². The zero-order valence-electron chi connectivity index (χ0n) is 14.9. The Morgan fingerprint density at radius 3 is 2.56 bits per heavy atom. The number of hydrogen-bond donors (Lipinski definition) is 1. The number of halogens is 1. The van der Waals surface area contributed by atoms with Gasteiger partial charge in [0.25, 0.3) is 0 Å². The van der Waals surface area contributed by atoms with Crippen molar-refractivity contribution in [2.24, 2.45) is 0 Å². The zero-order valence-corrected chi connectivity index (χ0v) is 16.5. The van der Waals surface area contributed by atoms with Crippen LogP contribution in [-0.4, -0.2) is 22.1 Å². The summed E-state index contributed by atoms with van der Waals surface area (Å²) in [5, 5.41) is 4.45. The first-order valence-electron chi connectivity index (χ1n) is 8.49. The van der Waals surface area contributed by atoms with E-state index in [0.29, 0.717) is 29.0 Å². The van der Waals surface area contributed by atoms with E-state index < -0.39 is 0 Å². The molecule has 3 rings (SSSR count). The maximum absolute atomic E-state index is 6.13. The second-order valence-corrected chi connectivity index (χ2v) is 6.76. The molecular weight excluding hydrogens is 378 g/mol. The van der Waals surface area contributed by atoms with Crippen LogP contribution in [0.4, 0.5) is 5.69 Å². The molecule has 0 aliphatic rings. The molecule has 0 amide bonds. The Labute approximate surface area is 169 Å². The van der Waals surface area contributed by atoms with Crippen molar-refractivity contribution in [3.63, 3.8) is 0 Å². The van der Waals surface area contributed by atoms with Gasteiger partial charge in [0.15, 0.2) is 5.11 Å². The van der Waals surface area contributed by atoms with Gasteiger partial charge in [0.2, 0.25) is 0 Å². The fourth-order valence-corrected chi connectivity index (χ4v) is 3.07. The molecule has 0 aliphatic heterocycles. The molecule has 0 radical (unpaired) electrons. The van der Waals surface area contributed by atoms with Crippen LogP contribution in [0.3, 0.4) is 0 Å². The van der Waals surface area contributed by atoms with Crippen molar-refractivity contribution in [3.05, 3.63) is 89.2 Å². The summed E-state index contributed by atoms with van der Waals surface area (Å²) in [5.74, 6) is 0.680. The summed E-state index contributed by atoms with van der Waals surface area (Å²) in [5.41, 5.74) is 2.83. The summed E-state index contributed by atoms with van der Waals surface area (Å²) in [4.78, 5) is 6.49. The van der Waals surface area contributed by atoms with Crippen LogP contribution in [0.2, 0.25) is 5.02 Å². The Balaban J connectivity index is 1.83. The highest BCUT2D eigenvalue weighted by molar-refractivity contribution is 7.80. The van der Waals surface area contributed by atoms with Gasteiger partial charge in [-0.1, -0.05) is 48.0 Å². The third-order valence-corrected chi connectivity index (χ3v) is 4.58. The fraction of sp³-hybridized carbons (Fsp3) is 0.143. The van der Waals surface area contributed by atoms with Gasteiger partial charge in [-0.05, 0) is 48.1 Å². The van der Waals surface area contributed by atoms with Crippen LogP contribution in [0, 0.1) is 0 Å². The number of thiocarbonyl (C=S) groups is 1. The largest absolute Gasteiger partial charge is 0.495 e. The summed E-state index contributed by atoms with van der Waals surface area (Å²) in [6.07, 6.45) is 1.78. The number of hydrogen-bond acceptors (Lipinski definition) is 3. The van der Waals surface area contributed by atoms with E-state index in [9.17, 15) is 0 Å². The van der Waals surface area contributed by atoms with Crippen molar-refractivity contribution in [3.8, 4) is 5.75 Å². The molecule has 138 valence electrons. The SMILES string of the molecule is COc1ccc(Cl)cc1NC(=S)N(Cc1ccccc1)Cc1ccccn1. The molecule has 4 nitrogen and oxygen atoms in total. The molecule has 27 heavy (non-hydrogen) atoms. The number of rotatable bonds is 6. The molecule has 0 spiro atoms. The Morgan fingerprint density at radius 2 is 1.85 bits per heavy atom. The van der Waals surface area contributed by atoms with E-state index in [1.54, 1.807) is 25.4 Å². The third-order valence-electron chi connectivity index (χ3n) is 3.99. The maximum Gasteiger partial charge on any atom is 0.174 e. The lowest BCUT2D eigenvalue weighted by Gasteiger charge is -2.26. The van der Waals surface area contributed by atoms with Crippen LogP contribution in [0.25, 0.3) is 0 Å². The quantitative estimate of drug-likeness (QED) is 0.582. The number of benzene rings is 2. The predicted molar refractivity (Wildman–Crippen MR) is 114 cm³/mol. The van der Waals surface area contributed by atoms with Gasteiger partial charge >= 0.3 is 0 Å². The Hall–Kier alpha value is -2.63. The molecule has 2 aromatic carbocycles. The number of aromatic nitrogens is 1. The molecule has 0 saturated carbocycles. The lowest BCUT2D eigenvalue weighted by molar-refractivity contribution is 0.405. The number of methoxy groups -OCH3 is 1. The van der Waals surface area contributed by atoms with E-state index in [1.165, 1.54) is 0 Å². The molecule has 0 atom stereocenters. The summed E-state index contributed by atoms with van der Waals surface area (Å²) >= 11 is 11.8. The van der Waals surface area contributed by atoms with Gasteiger partial charge in [0.1, 0.15) is 5.75 Å². The molecule has 3 aromatic rings. The predicted octanol–water partition coefficient (Wildman–Crippen LogP) is 5.14. The monoisotopic (exact) mass is 397 g/mol. The molecule has 0 fully saturated rings. The molecule has 1 N–H and O–H groups in total. The van der Waals surface area contributed by atoms with Gasteiger partial charge in [0, 0.05) is 17.8 Å². The molecule has 0 saturated heterocycles. The third kappa shape index (κ3) is 5.42. The summed E-state index contributed by atoms with van der Waals surface area (Å²) in [7, 11) is 1.62. The molecule has 1 aromatic heterocycles. The summed E-state index contributed by atoms with van der Waals surface area (Å²) < 4.78 is 5.41. The highest BCUT2D eigenvalue weighted by Gasteiger charge is 2.14. The maximum atomic E-state index is 6.13. The molecule has 6 heteroatoms. The Morgan fingerprint density at radius 1 is 1.07 bits per heavy atom. The van der Waals surface area contributed by atoms with Crippen molar-refractivity contribution in [2.75, 3.05) is 12.4 Å². The lowest BCUT2D eigenvalue weighted by Crippen LogP contribution is -2.34. The minimum absolute atomic E-state index is 0.574. The van der Waals surface area contributed by atoms with E-state index in [-0.39, 0.29) is 0 Å². The number of ether oxygens (including phenoxy) is 1. The minimum Gasteiger partial charge on any atom is -0.495 e. The second-order valence-electron chi connectivity index (χ2n) is 5.94. The Bertz CT molecular complexity index is 849.